The maximum absolute atomic E-state index is 12.5. The summed E-state index contributed by atoms with van der Waals surface area (Å²) in [6.45, 7) is -0.400. The Morgan fingerprint density at radius 1 is 1.11 bits per heavy atom. The van der Waals surface area contributed by atoms with Gasteiger partial charge in [0, 0.05) is 6.07 Å². The number of benzene rings is 2. The lowest BCUT2D eigenvalue weighted by Crippen LogP contribution is -2.38. The summed E-state index contributed by atoms with van der Waals surface area (Å²) < 4.78 is 10.3. The molecule has 0 bridgehead atoms. The van der Waals surface area contributed by atoms with Gasteiger partial charge >= 0.3 is 6.03 Å². The van der Waals surface area contributed by atoms with Crippen LogP contribution in [0.5, 0.6) is 11.5 Å². The molecular weight excluding hydrogens is 350 g/mol. The monoisotopic (exact) mass is 369 g/mol. The smallest absolute Gasteiger partial charge is 0.325 e. The highest BCUT2D eigenvalue weighted by molar-refractivity contribution is 6.08. The Bertz CT molecular complexity index is 869. The normalized spacial score (nSPS) is 16.1. The van der Waals surface area contributed by atoms with Crippen molar-refractivity contribution >= 4 is 23.5 Å². The molecule has 140 valence electrons. The molecule has 2 aromatic carbocycles. The summed E-state index contributed by atoms with van der Waals surface area (Å²) >= 11 is 0. The first-order chi connectivity index (χ1) is 13.0. The average Bonchev–Trinajstić information content (AvgIpc) is 2.97. The number of methoxy groups -OCH3 is 2. The number of hydrogen-bond donors (Lipinski definition) is 2. The zero-order chi connectivity index (χ0) is 19.4. The Morgan fingerprint density at radius 3 is 2.52 bits per heavy atom. The van der Waals surface area contributed by atoms with Gasteiger partial charge < -0.3 is 20.1 Å². The molecule has 0 aromatic heterocycles. The lowest BCUT2D eigenvalue weighted by atomic mass is 10.1. The standard InChI is InChI=1S/C19H19N3O5/c1-26-13-8-9-14(15(10-13)27-2)20-16(23)11-22-18(24)17(21-19(22)25)12-6-4-3-5-7-12/h3-10,17H,11H2,1-2H3,(H,20,23)(H,21,25). The van der Waals surface area contributed by atoms with Crippen molar-refractivity contribution in [3.05, 3.63) is 54.1 Å². The van der Waals surface area contributed by atoms with E-state index in [1.54, 1.807) is 42.5 Å². The number of nitrogens with zero attached hydrogens (tertiary/aromatic N) is 1. The molecule has 1 aliphatic rings. The van der Waals surface area contributed by atoms with Crippen LogP contribution in [-0.2, 0) is 9.59 Å². The van der Waals surface area contributed by atoms with E-state index in [0.717, 1.165) is 4.90 Å². The number of nitrogens with one attached hydrogen (secondary N) is 2. The van der Waals surface area contributed by atoms with Crippen molar-refractivity contribution in [1.29, 1.82) is 0 Å². The molecule has 1 saturated heterocycles. The minimum Gasteiger partial charge on any atom is -0.497 e. The fraction of sp³-hybridized carbons (Fsp3) is 0.211. The Kier molecular flexibility index (Phi) is 5.25. The first kappa shape index (κ1) is 18.2. The van der Waals surface area contributed by atoms with Crippen LogP contribution in [-0.4, -0.2) is 43.5 Å². The quantitative estimate of drug-likeness (QED) is 0.759. The van der Waals surface area contributed by atoms with Crippen molar-refractivity contribution in [1.82, 2.24) is 10.2 Å². The highest BCUT2D eigenvalue weighted by Crippen LogP contribution is 2.29. The summed E-state index contributed by atoms with van der Waals surface area (Å²) in [5.74, 6) is -0.00885. The van der Waals surface area contributed by atoms with E-state index in [9.17, 15) is 14.4 Å². The molecule has 27 heavy (non-hydrogen) atoms. The molecule has 4 amide bonds. The van der Waals surface area contributed by atoms with E-state index in [1.165, 1.54) is 14.2 Å². The fourth-order valence-electron chi connectivity index (χ4n) is 2.78. The third kappa shape index (κ3) is 3.84. The number of carbonyl (C=O) groups is 3. The first-order valence-corrected chi connectivity index (χ1v) is 8.22. The minimum absolute atomic E-state index is 0.400. The molecule has 0 saturated carbocycles. The van der Waals surface area contributed by atoms with Crippen molar-refractivity contribution in [2.75, 3.05) is 26.1 Å². The largest absolute Gasteiger partial charge is 0.497 e. The van der Waals surface area contributed by atoms with Gasteiger partial charge in [0.15, 0.2) is 0 Å². The summed E-state index contributed by atoms with van der Waals surface area (Å²) in [6.07, 6.45) is 0. The third-order valence-electron chi connectivity index (χ3n) is 4.14. The van der Waals surface area contributed by atoms with Gasteiger partial charge in [0.2, 0.25) is 5.91 Å². The second-order valence-electron chi connectivity index (χ2n) is 5.83. The van der Waals surface area contributed by atoms with Crippen molar-refractivity contribution < 1.29 is 23.9 Å². The van der Waals surface area contributed by atoms with Crippen LogP contribution in [0.4, 0.5) is 10.5 Å². The topological polar surface area (TPSA) is 97.0 Å². The zero-order valence-electron chi connectivity index (χ0n) is 14.9. The number of rotatable bonds is 6. The van der Waals surface area contributed by atoms with Crippen LogP contribution in [0.1, 0.15) is 11.6 Å². The molecule has 2 N–H and O–H groups in total. The molecule has 3 rings (SSSR count). The molecule has 2 aromatic rings. The average molecular weight is 369 g/mol. The molecule has 8 heteroatoms. The van der Waals surface area contributed by atoms with Crippen LogP contribution in [0.3, 0.4) is 0 Å². The molecule has 0 spiro atoms. The molecule has 1 unspecified atom stereocenters. The van der Waals surface area contributed by atoms with Gasteiger partial charge in [0.1, 0.15) is 24.1 Å². The lowest BCUT2D eigenvalue weighted by Gasteiger charge is -2.15. The highest BCUT2D eigenvalue weighted by atomic mass is 16.5. The highest BCUT2D eigenvalue weighted by Gasteiger charge is 2.39. The van der Waals surface area contributed by atoms with Crippen molar-refractivity contribution in [3.8, 4) is 11.5 Å². The van der Waals surface area contributed by atoms with Gasteiger partial charge in [-0.1, -0.05) is 30.3 Å². The molecule has 0 radical (unpaired) electrons. The third-order valence-corrected chi connectivity index (χ3v) is 4.14. The first-order valence-electron chi connectivity index (χ1n) is 8.22. The second-order valence-corrected chi connectivity index (χ2v) is 5.83. The number of hydrogen-bond acceptors (Lipinski definition) is 5. The Labute approximate surface area is 156 Å². The lowest BCUT2D eigenvalue weighted by molar-refractivity contribution is -0.130. The number of imide groups is 1. The van der Waals surface area contributed by atoms with Gasteiger partial charge in [0.25, 0.3) is 5.91 Å². The SMILES string of the molecule is COc1ccc(NC(=O)CN2C(=O)NC(c3ccccc3)C2=O)c(OC)c1. The Balaban J connectivity index is 1.69. The van der Waals surface area contributed by atoms with Gasteiger partial charge in [-0.2, -0.15) is 0 Å². The maximum Gasteiger partial charge on any atom is 0.325 e. The van der Waals surface area contributed by atoms with E-state index in [4.69, 9.17) is 9.47 Å². The van der Waals surface area contributed by atoms with Crippen LogP contribution in [0.2, 0.25) is 0 Å². The number of anilines is 1. The van der Waals surface area contributed by atoms with E-state index in [0.29, 0.717) is 22.7 Å². The van der Waals surface area contributed by atoms with Crippen molar-refractivity contribution in [3.63, 3.8) is 0 Å². The van der Waals surface area contributed by atoms with E-state index < -0.39 is 30.4 Å². The van der Waals surface area contributed by atoms with Gasteiger partial charge in [0.05, 0.1) is 19.9 Å². The van der Waals surface area contributed by atoms with Crippen molar-refractivity contribution in [2.24, 2.45) is 0 Å². The molecular formula is C19H19N3O5. The van der Waals surface area contributed by atoms with Crippen LogP contribution >= 0.6 is 0 Å². The number of carbonyl (C=O) groups excluding carboxylic acids is 3. The van der Waals surface area contributed by atoms with Crippen LogP contribution in [0, 0.1) is 0 Å². The second kappa shape index (κ2) is 7.77. The maximum atomic E-state index is 12.5. The van der Waals surface area contributed by atoms with E-state index in [2.05, 4.69) is 10.6 Å². The molecule has 1 heterocycles. The summed E-state index contributed by atoms with van der Waals surface area (Å²) in [7, 11) is 2.99. The van der Waals surface area contributed by atoms with E-state index in [1.807, 2.05) is 6.07 Å². The minimum atomic E-state index is -0.790. The fourth-order valence-corrected chi connectivity index (χ4v) is 2.78. The zero-order valence-corrected chi connectivity index (χ0v) is 14.9. The predicted molar refractivity (Wildman–Crippen MR) is 97.6 cm³/mol. The molecule has 8 nitrogen and oxygen atoms in total. The van der Waals surface area contributed by atoms with E-state index >= 15 is 0 Å². The van der Waals surface area contributed by atoms with Gasteiger partial charge in [-0.25, -0.2) is 4.79 Å². The summed E-state index contributed by atoms with van der Waals surface area (Å²) in [5.41, 5.74) is 1.07. The van der Waals surface area contributed by atoms with Gasteiger partial charge in [-0.15, -0.1) is 0 Å². The van der Waals surface area contributed by atoms with Crippen molar-refractivity contribution in [2.45, 2.75) is 6.04 Å². The number of amides is 4. The number of urea groups is 1. The number of ether oxygens (including phenoxy) is 2. The van der Waals surface area contributed by atoms with Crippen LogP contribution < -0.4 is 20.1 Å². The summed E-state index contributed by atoms with van der Waals surface area (Å²) in [6, 6.07) is 12.4. The molecule has 1 atom stereocenters. The predicted octanol–water partition coefficient (Wildman–Crippen LogP) is 1.94. The Morgan fingerprint density at radius 2 is 1.85 bits per heavy atom. The van der Waals surface area contributed by atoms with Crippen LogP contribution in [0.15, 0.2) is 48.5 Å². The Hall–Kier alpha value is -3.55. The summed E-state index contributed by atoms with van der Waals surface area (Å²) in [5, 5.41) is 5.24. The summed E-state index contributed by atoms with van der Waals surface area (Å²) in [4.78, 5) is 37.9. The molecule has 0 aliphatic carbocycles. The molecule has 1 fully saturated rings. The molecule has 1 aliphatic heterocycles. The van der Waals surface area contributed by atoms with Crippen LogP contribution in [0.25, 0.3) is 0 Å². The van der Waals surface area contributed by atoms with Gasteiger partial charge in [-0.3, -0.25) is 14.5 Å². The van der Waals surface area contributed by atoms with Gasteiger partial charge in [-0.05, 0) is 17.7 Å². The van der Waals surface area contributed by atoms with E-state index in [-0.39, 0.29) is 0 Å².